The van der Waals surface area contributed by atoms with Crippen LogP contribution in [0.2, 0.25) is 5.02 Å². The number of benzene rings is 2. The van der Waals surface area contributed by atoms with Gasteiger partial charge in [-0.2, -0.15) is 4.31 Å². The van der Waals surface area contributed by atoms with E-state index in [2.05, 4.69) is 5.32 Å². The van der Waals surface area contributed by atoms with Crippen LogP contribution in [0.4, 0.5) is 13.6 Å². The molecule has 3 rings (SSSR count). The highest BCUT2D eigenvalue weighted by molar-refractivity contribution is 7.89. The van der Waals surface area contributed by atoms with Crippen LogP contribution in [0.25, 0.3) is 0 Å². The molecule has 0 aromatic heterocycles. The number of rotatable bonds is 11. The number of hydrogen-bond acceptors (Lipinski definition) is 9. The predicted octanol–water partition coefficient (Wildman–Crippen LogP) is 1.41. The number of imide groups is 1. The van der Waals surface area contributed by atoms with Gasteiger partial charge in [-0.05, 0) is 36.4 Å². The summed E-state index contributed by atoms with van der Waals surface area (Å²) >= 11 is 5.78. The molecule has 2 aromatic carbocycles. The predicted molar refractivity (Wildman–Crippen MR) is 140 cm³/mol. The first kappa shape index (κ1) is 32.1. The summed E-state index contributed by atoms with van der Waals surface area (Å²) in [6.45, 7) is 0.0865. The zero-order chi connectivity index (χ0) is 30.2. The highest BCUT2D eigenvalue weighted by Crippen LogP contribution is 2.31. The fraction of sp³-hybridized carbons (Fsp3) is 0.375. The van der Waals surface area contributed by atoms with E-state index in [1.54, 1.807) is 4.90 Å². The van der Waals surface area contributed by atoms with Crippen LogP contribution in [0, 0.1) is 11.6 Å². The molecule has 3 N–H and O–H groups in total. The van der Waals surface area contributed by atoms with Gasteiger partial charge in [-0.15, -0.1) is 0 Å². The quantitative estimate of drug-likeness (QED) is 0.250. The van der Waals surface area contributed by atoms with Crippen molar-refractivity contribution in [3.63, 3.8) is 0 Å². The van der Waals surface area contributed by atoms with Gasteiger partial charge in [0.1, 0.15) is 5.75 Å². The molecule has 0 unspecified atom stereocenters. The number of nitrogens with one attached hydrogen (secondary N) is 2. The Morgan fingerprint density at radius 2 is 1.68 bits per heavy atom. The lowest BCUT2D eigenvalue weighted by molar-refractivity contribution is -0.129. The summed E-state index contributed by atoms with van der Waals surface area (Å²) < 4.78 is 67.0. The normalized spacial score (nSPS) is 14.0. The Kier molecular flexibility index (Phi) is 11.3. The Hall–Kier alpha value is -3.41. The number of carbonyl (C=O) groups excluding carboxylic acids is 3. The van der Waals surface area contributed by atoms with Crippen molar-refractivity contribution in [2.75, 3.05) is 59.5 Å². The summed E-state index contributed by atoms with van der Waals surface area (Å²) in [5.41, 5.74) is 1.28. The molecule has 2 aromatic rings. The maximum absolute atomic E-state index is 14.8. The SMILES string of the molecule is CN(CCN(CC(=O)NO)S(=O)(=O)c1cc(F)c(Oc2ccc(Cl)cc2)c(F)c1)C(=O)NC(=O)CN1CCOCC1. The van der Waals surface area contributed by atoms with Crippen molar-refractivity contribution >= 4 is 39.5 Å². The Balaban J connectivity index is 1.71. The molecule has 0 atom stereocenters. The van der Waals surface area contributed by atoms with E-state index >= 15 is 0 Å². The van der Waals surface area contributed by atoms with Crippen molar-refractivity contribution in [3.05, 3.63) is 53.1 Å². The van der Waals surface area contributed by atoms with E-state index in [4.69, 9.17) is 26.3 Å². The molecule has 1 heterocycles. The molecule has 1 aliphatic heterocycles. The number of likely N-dealkylation sites (N-methyl/N-ethyl adjacent to an activating group) is 1. The highest BCUT2D eigenvalue weighted by atomic mass is 35.5. The molecule has 1 fully saturated rings. The first-order valence-corrected chi connectivity index (χ1v) is 13.9. The largest absolute Gasteiger partial charge is 0.451 e. The molecule has 13 nitrogen and oxygen atoms in total. The molecule has 1 aliphatic rings. The minimum Gasteiger partial charge on any atom is -0.451 e. The number of amides is 4. The first-order chi connectivity index (χ1) is 19.4. The van der Waals surface area contributed by atoms with Gasteiger partial charge in [-0.3, -0.25) is 25.0 Å². The second-order valence-electron chi connectivity index (χ2n) is 8.81. The lowest BCUT2D eigenvalue weighted by Gasteiger charge is -2.27. The fourth-order valence-corrected chi connectivity index (χ4v) is 5.15. The van der Waals surface area contributed by atoms with E-state index in [0.29, 0.717) is 47.8 Å². The van der Waals surface area contributed by atoms with E-state index in [0.717, 1.165) is 4.90 Å². The molecular formula is C24H28ClF2N5O8S. The minimum atomic E-state index is -4.75. The second-order valence-corrected chi connectivity index (χ2v) is 11.2. The molecule has 0 aliphatic carbocycles. The van der Waals surface area contributed by atoms with Gasteiger partial charge < -0.3 is 14.4 Å². The van der Waals surface area contributed by atoms with Crippen LogP contribution in [0.15, 0.2) is 41.3 Å². The Morgan fingerprint density at radius 1 is 1.07 bits per heavy atom. The summed E-state index contributed by atoms with van der Waals surface area (Å²) in [4.78, 5) is 38.4. The number of hydroxylamine groups is 1. The fourth-order valence-electron chi connectivity index (χ4n) is 3.61. The van der Waals surface area contributed by atoms with Crippen molar-refractivity contribution in [1.82, 2.24) is 24.9 Å². The number of morpholine rings is 1. The average Bonchev–Trinajstić information content (AvgIpc) is 2.93. The minimum absolute atomic E-state index is 0.0359. The van der Waals surface area contributed by atoms with E-state index < -0.39 is 63.2 Å². The summed E-state index contributed by atoms with van der Waals surface area (Å²) in [5, 5.41) is 11.4. The number of urea groups is 1. The average molecular weight is 620 g/mol. The Labute approximate surface area is 239 Å². The van der Waals surface area contributed by atoms with Crippen molar-refractivity contribution in [2.45, 2.75) is 4.90 Å². The number of carbonyl (C=O) groups is 3. The molecule has 17 heteroatoms. The zero-order valence-corrected chi connectivity index (χ0v) is 23.4. The number of hydrogen-bond donors (Lipinski definition) is 3. The molecule has 0 saturated carbocycles. The lowest BCUT2D eigenvalue weighted by Crippen LogP contribution is -2.49. The third-order valence-electron chi connectivity index (χ3n) is 5.84. The Bertz CT molecular complexity index is 1340. The van der Waals surface area contributed by atoms with Crippen molar-refractivity contribution in [2.24, 2.45) is 0 Å². The van der Waals surface area contributed by atoms with Crippen LogP contribution in [0.1, 0.15) is 0 Å². The molecular weight excluding hydrogens is 592 g/mol. The summed E-state index contributed by atoms with van der Waals surface area (Å²) in [6.07, 6.45) is 0. The van der Waals surface area contributed by atoms with Crippen LogP contribution >= 0.6 is 11.6 Å². The number of halogens is 3. The van der Waals surface area contributed by atoms with E-state index in [-0.39, 0.29) is 18.8 Å². The van der Waals surface area contributed by atoms with Gasteiger partial charge in [0.15, 0.2) is 17.4 Å². The maximum atomic E-state index is 14.8. The molecule has 0 radical (unpaired) electrons. The van der Waals surface area contributed by atoms with E-state index in [1.807, 2.05) is 0 Å². The number of sulfonamides is 1. The van der Waals surface area contributed by atoms with Gasteiger partial charge in [0, 0.05) is 38.2 Å². The van der Waals surface area contributed by atoms with Gasteiger partial charge in [0.05, 0.1) is 31.2 Å². The van der Waals surface area contributed by atoms with Crippen LogP contribution in [-0.4, -0.2) is 105 Å². The Morgan fingerprint density at radius 3 is 2.27 bits per heavy atom. The second kappa shape index (κ2) is 14.5. The van der Waals surface area contributed by atoms with Crippen molar-refractivity contribution in [1.29, 1.82) is 0 Å². The zero-order valence-electron chi connectivity index (χ0n) is 21.8. The summed E-state index contributed by atoms with van der Waals surface area (Å²) in [5.74, 6) is -5.26. The monoisotopic (exact) mass is 619 g/mol. The van der Waals surface area contributed by atoms with Gasteiger partial charge >= 0.3 is 6.03 Å². The van der Waals surface area contributed by atoms with Gasteiger partial charge in [0.25, 0.3) is 5.91 Å². The number of nitrogens with zero attached hydrogens (tertiary/aromatic N) is 3. The van der Waals surface area contributed by atoms with Crippen LogP contribution < -0.4 is 15.5 Å². The third kappa shape index (κ3) is 9.04. The molecule has 0 bridgehead atoms. The standard InChI is InChI=1S/C24H28ClF2N5O8S/c1-30(24(35)28-21(33)14-31-8-10-39-11-9-31)6-7-32(15-22(34)29-36)41(37,38)18-12-19(26)23(20(27)13-18)40-17-4-2-16(25)3-5-17/h2-5,12-13,36H,6-11,14-15H2,1H3,(H,29,34)(H,28,33,35). The summed E-state index contributed by atoms with van der Waals surface area (Å²) in [6, 6.07) is 5.73. The molecule has 0 spiro atoms. The summed E-state index contributed by atoms with van der Waals surface area (Å²) in [7, 11) is -3.47. The van der Waals surface area contributed by atoms with Crippen LogP contribution in [-0.2, 0) is 24.3 Å². The van der Waals surface area contributed by atoms with Crippen molar-refractivity contribution in [3.8, 4) is 11.5 Å². The molecule has 224 valence electrons. The third-order valence-corrected chi connectivity index (χ3v) is 7.91. The smallest absolute Gasteiger partial charge is 0.323 e. The van der Waals surface area contributed by atoms with Crippen molar-refractivity contribution < 1.29 is 46.3 Å². The maximum Gasteiger partial charge on any atom is 0.323 e. The highest BCUT2D eigenvalue weighted by Gasteiger charge is 2.30. The number of ether oxygens (including phenoxy) is 2. The van der Waals surface area contributed by atoms with E-state index in [9.17, 15) is 31.6 Å². The van der Waals surface area contributed by atoms with Crippen LogP contribution in [0.5, 0.6) is 11.5 Å². The molecule has 41 heavy (non-hydrogen) atoms. The first-order valence-electron chi connectivity index (χ1n) is 12.1. The van der Waals surface area contributed by atoms with Gasteiger partial charge in [-0.1, -0.05) is 11.6 Å². The van der Waals surface area contributed by atoms with E-state index in [1.165, 1.54) is 36.8 Å². The lowest BCUT2D eigenvalue weighted by atomic mass is 10.3. The van der Waals surface area contributed by atoms with Crippen LogP contribution in [0.3, 0.4) is 0 Å². The van der Waals surface area contributed by atoms with Gasteiger partial charge in [-0.25, -0.2) is 27.5 Å². The van der Waals surface area contributed by atoms with Gasteiger partial charge in [0.2, 0.25) is 15.9 Å². The molecule has 1 saturated heterocycles. The molecule has 4 amide bonds. The topological polar surface area (TPSA) is 158 Å².